The molecule has 0 heterocycles. The molecule has 54 heavy (non-hydrogen) atoms. The summed E-state index contributed by atoms with van der Waals surface area (Å²) in [6.45, 7) is -8.90. The maximum atomic E-state index is 16.1. The number of carbonyl (C=O) groups is 1. The quantitative estimate of drug-likeness (QED) is 0.132. The summed E-state index contributed by atoms with van der Waals surface area (Å²) in [7, 11) is 0. The zero-order valence-corrected chi connectivity index (χ0v) is 31.5. The Kier molecular flexibility index (Phi) is 9.30. The first kappa shape index (κ1) is 34.9. The molecule has 0 amide bonds. The Morgan fingerprint density at radius 1 is 0.241 bits per heavy atom. The average molecular weight is 739 g/mol. The third kappa shape index (κ3) is 5.16. The van der Waals surface area contributed by atoms with Crippen molar-refractivity contribution in [2.45, 2.75) is 0 Å². The molecule has 264 valence electrons. The second kappa shape index (κ2) is 14.4. The predicted octanol–water partition coefficient (Wildman–Crippen LogP) is 8.68. The summed E-state index contributed by atoms with van der Waals surface area (Å²) in [5.74, 6) is 0. The number of carbonyl (C=O) groups excluding carboxylic acids is 1. The first-order valence-corrected chi connectivity index (χ1v) is 22.4. The van der Waals surface area contributed by atoms with Crippen molar-refractivity contribution in [2.24, 2.45) is 0 Å². The van der Waals surface area contributed by atoms with E-state index in [1.807, 2.05) is 146 Å². The second-order valence-corrected chi connectivity index (χ2v) is 21.8. The van der Waals surface area contributed by atoms with Gasteiger partial charge in [0.05, 0.1) is 0 Å². The molecule has 5 heteroatoms. The van der Waals surface area contributed by atoms with Gasteiger partial charge in [0, 0.05) is 0 Å². The van der Waals surface area contributed by atoms with E-state index in [1.54, 1.807) is 0 Å². The van der Waals surface area contributed by atoms with Crippen molar-refractivity contribution in [2.75, 3.05) is 0 Å². The minimum absolute atomic E-state index is 0.772. The Hall–Kier alpha value is -6.11. The Morgan fingerprint density at radius 3 is 0.500 bits per heavy atom. The SMILES string of the molecule is O=C(OP(c1ccccc1)(c1ccccc1)(c1ccccc1)c1ccccc1)OP(c1ccccc1)(c1ccccc1)(c1ccccc1)c1ccccc1. The van der Waals surface area contributed by atoms with Gasteiger partial charge in [-0.2, -0.15) is 0 Å². The van der Waals surface area contributed by atoms with Crippen molar-refractivity contribution < 1.29 is 13.8 Å². The first-order chi connectivity index (χ1) is 26.6. The van der Waals surface area contributed by atoms with Crippen molar-refractivity contribution in [3.63, 3.8) is 0 Å². The monoisotopic (exact) mass is 738 g/mol. The molecule has 0 spiro atoms. The van der Waals surface area contributed by atoms with Gasteiger partial charge in [0.2, 0.25) is 0 Å². The fraction of sp³-hybridized carbons (Fsp3) is 0. The summed E-state index contributed by atoms with van der Waals surface area (Å²) < 4.78 is 15.3. The molecule has 0 bridgehead atoms. The van der Waals surface area contributed by atoms with E-state index in [2.05, 4.69) is 97.1 Å². The fourth-order valence-corrected chi connectivity index (χ4v) is 19.3. The van der Waals surface area contributed by atoms with Crippen LogP contribution >= 0.6 is 13.7 Å². The van der Waals surface area contributed by atoms with Gasteiger partial charge in [-0.3, -0.25) is 0 Å². The molecule has 0 atom stereocenters. The van der Waals surface area contributed by atoms with E-state index < -0.39 is 19.8 Å². The number of benzene rings is 8. The molecule has 0 fully saturated rings. The van der Waals surface area contributed by atoms with Crippen LogP contribution in [0.3, 0.4) is 0 Å². The Balaban J connectivity index is 1.52. The van der Waals surface area contributed by atoms with E-state index in [4.69, 9.17) is 9.05 Å². The van der Waals surface area contributed by atoms with Gasteiger partial charge in [-0.1, -0.05) is 0 Å². The van der Waals surface area contributed by atoms with E-state index >= 15 is 4.79 Å². The summed E-state index contributed by atoms with van der Waals surface area (Å²) >= 11 is 0. The van der Waals surface area contributed by atoms with Crippen molar-refractivity contribution >= 4 is 62.3 Å². The molecule has 3 nitrogen and oxygen atoms in total. The third-order valence-corrected chi connectivity index (χ3v) is 21.8. The zero-order chi connectivity index (χ0) is 36.8. The molecule has 0 N–H and O–H groups in total. The van der Waals surface area contributed by atoms with Crippen molar-refractivity contribution in [3.8, 4) is 0 Å². The normalized spacial score (nSPS) is 13.0. The molecule has 0 aromatic heterocycles. The summed E-state index contributed by atoms with van der Waals surface area (Å²) in [5.41, 5.74) is 0. The molecule has 0 radical (unpaired) electrons. The Bertz CT molecular complexity index is 1930. The predicted molar refractivity (Wildman–Crippen MR) is 230 cm³/mol. The van der Waals surface area contributed by atoms with Crippen LogP contribution in [0, 0.1) is 0 Å². The summed E-state index contributed by atoms with van der Waals surface area (Å²) in [6.07, 6.45) is -0.772. The van der Waals surface area contributed by atoms with Gasteiger partial charge >= 0.3 is 319 Å². The van der Waals surface area contributed by atoms with E-state index in [0.29, 0.717) is 0 Å². The van der Waals surface area contributed by atoms with Gasteiger partial charge in [-0.25, -0.2) is 0 Å². The molecule has 0 aliphatic rings. The average Bonchev–Trinajstić information content (AvgIpc) is 3.27. The third-order valence-electron chi connectivity index (χ3n) is 10.5. The second-order valence-electron chi connectivity index (χ2n) is 13.2. The molecular formula is C49H40O3P2. The molecule has 0 saturated heterocycles. The molecule has 8 aromatic rings. The van der Waals surface area contributed by atoms with Crippen LogP contribution in [0.25, 0.3) is 0 Å². The van der Waals surface area contributed by atoms with Crippen LogP contribution in [0.15, 0.2) is 243 Å². The summed E-state index contributed by atoms with van der Waals surface area (Å²) in [4.78, 5) is 16.1. The van der Waals surface area contributed by atoms with Gasteiger partial charge in [-0.05, 0) is 0 Å². The van der Waals surface area contributed by atoms with Crippen molar-refractivity contribution in [1.82, 2.24) is 0 Å². The van der Waals surface area contributed by atoms with Crippen molar-refractivity contribution in [1.29, 1.82) is 0 Å². The zero-order valence-electron chi connectivity index (χ0n) is 29.7. The molecular weight excluding hydrogens is 698 g/mol. The molecule has 0 aliphatic heterocycles. The number of hydrogen-bond donors (Lipinski definition) is 0. The van der Waals surface area contributed by atoms with Crippen LogP contribution in [0.1, 0.15) is 0 Å². The van der Waals surface area contributed by atoms with E-state index in [1.165, 1.54) is 0 Å². The van der Waals surface area contributed by atoms with Crippen LogP contribution < -0.4 is 42.4 Å². The molecule has 0 unspecified atom stereocenters. The van der Waals surface area contributed by atoms with Gasteiger partial charge in [0.1, 0.15) is 0 Å². The van der Waals surface area contributed by atoms with Crippen LogP contribution in [-0.2, 0) is 9.05 Å². The van der Waals surface area contributed by atoms with E-state index in [-0.39, 0.29) is 0 Å². The maximum absolute atomic E-state index is 16.1. The van der Waals surface area contributed by atoms with Crippen LogP contribution in [0.5, 0.6) is 0 Å². The van der Waals surface area contributed by atoms with Crippen LogP contribution in [-0.4, -0.2) is 6.16 Å². The molecule has 8 rings (SSSR count). The van der Waals surface area contributed by atoms with E-state index in [0.717, 1.165) is 42.4 Å². The van der Waals surface area contributed by atoms with Gasteiger partial charge in [-0.15, -0.1) is 0 Å². The van der Waals surface area contributed by atoms with E-state index in [9.17, 15) is 0 Å². The Morgan fingerprint density at radius 2 is 0.370 bits per heavy atom. The summed E-state index contributed by atoms with van der Waals surface area (Å²) in [6, 6.07) is 81.6. The Labute approximate surface area is 317 Å². The van der Waals surface area contributed by atoms with Crippen molar-refractivity contribution in [3.05, 3.63) is 243 Å². The molecule has 0 saturated carbocycles. The number of rotatable bonds is 10. The van der Waals surface area contributed by atoms with Crippen LogP contribution in [0.4, 0.5) is 4.79 Å². The van der Waals surface area contributed by atoms with Gasteiger partial charge in [0.25, 0.3) is 0 Å². The molecule has 0 aliphatic carbocycles. The fourth-order valence-electron chi connectivity index (χ4n) is 8.22. The van der Waals surface area contributed by atoms with Crippen LogP contribution in [0.2, 0.25) is 0 Å². The topological polar surface area (TPSA) is 35.5 Å². The van der Waals surface area contributed by atoms with Gasteiger partial charge < -0.3 is 0 Å². The number of hydrogen-bond acceptors (Lipinski definition) is 3. The molecule has 8 aromatic carbocycles. The first-order valence-electron chi connectivity index (χ1n) is 18.1. The summed E-state index contributed by atoms with van der Waals surface area (Å²) in [5, 5.41) is 7.02. The minimum atomic E-state index is -4.45. The standard InChI is InChI=1S/C49H40O3P2/c50-49(51-53(41-25-9-1-10-26-41,42-27-11-2-12-28-42,43-29-13-3-14-30-43)44-31-15-4-16-32-44)52-54(45-33-17-5-18-34-45,46-35-19-6-20-36-46,47-37-21-7-22-38-47)48-39-23-8-24-40-48/h1-40H. The van der Waals surface area contributed by atoms with Gasteiger partial charge in [0.15, 0.2) is 0 Å².